The van der Waals surface area contributed by atoms with Gasteiger partial charge in [0, 0.05) is 6.42 Å². The smallest absolute Gasteiger partial charge is 0.303 e. The summed E-state index contributed by atoms with van der Waals surface area (Å²) in [6.07, 6.45) is 11.0. The summed E-state index contributed by atoms with van der Waals surface area (Å²) >= 11 is 0. The van der Waals surface area contributed by atoms with Crippen LogP contribution in [-0.2, 0) is 4.79 Å². The van der Waals surface area contributed by atoms with Gasteiger partial charge in [0.1, 0.15) is 5.76 Å². The van der Waals surface area contributed by atoms with Gasteiger partial charge < -0.3 is 9.52 Å². The molecular weight excluding hydrogens is 204 g/mol. The number of furan rings is 1. The fraction of sp³-hybridized carbons (Fsp3) is 0.462. The Morgan fingerprint density at radius 1 is 1.31 bits per heavy atom. The third-order valence-electron chi connectivity index (χ3n) is 2.34. The molecule has 3 heteroatoms. The zero-order valence-corrected chi connectivity index (χ0v) is 9.39. The molecule has 0 aliphatic heterocycles. The third-order valence-corrected chi connectivity index (χ3v) is 2.34. The summed E-state index contributed by atoms with van der Waals surface area (Å²) in [4.78, 5) is 10.2. The van der Waals surface area contributed by atoms with Crippen LogP contribution >= 0.6 is 0 Å². The Labute approximate surface area is 95.8 Å². The Kier molecular flexibility index (Phi) is 6.07. The van der Waals surface area contributed by atoms with E-state index >= 15 is 0 Å². The van der Waals surface area contributed by atoms with Crippen molar-refractivity contribution in [3.8, 4) is 0 Å². The van der Waals surface area contributed by atoms with Gasteiger partial charge in [-0.25, -0.2) is 0 Å². The van der Waals surface area contributed by atoms with Crippen molar-refractivity contribution in [1.29, 1.82) is 0 Å². The van der Waals surface area contributed by atoms with E-state index in [1.165, 1.54) is 0 Å². The van der Waals surface area contributed by atoms with Crippen molar-refractivity contribution in [3.05, 3.63) is 30.2 Å². The number of carbonyl (C=O) groups is 1. The lowest BCUT2D eigenvalue weighted by atomic mass is 10.1. The Bertz CT molecular complexity index is 312. The minimum atomic E-state index is -0.697. The van der Waals surface area contributed by atoms with E-state index in [0.29, 0.717) is 6.42 Å². The minimum absolute atomic E-state index is 0.294. The molecule has 1 rings (SSSR count). The second kappa shape index (κ2) is 7.74. The van der Waals surface area contributed by atoms with Crippen LogP contribution in [0.5, 0.6) is 0 Å². The highest BCUT2D eigenvalue weighted by molar-refractivity contribution is 5.66. The molecule has 16 heavy (non-hydrogen) atoms. The quantitative estimate of drug-likeness (QED) is 0.682. The van der Waals surface area contributed by atoms with Gasteiger partial charge in [-0.05, 0) is 37.5 Å². The van der Waals surface area contributed by atoms with E-state index < -0.39 is 5.97 Å². The van der Waals surface area contributed by atoms with E-state index in [1.807, 2.05) is 18.2 Å². The Morgan fingerprint density at radius 3 is 2.81 bits per heavy atom. The molecule has 0 saturated heterocycles. The summed E-state index contributed by atoms with van der Waals surface area (Å²) in [5.74, 6) is 0.184. The normalized spacial score (nSPS) is 11.0. The third kappa shape index (κ3) is 6.06. The van der Waals surface area contributed by atoms with Gasteiger partial charge in [-0.3, -0.25) is 4.79 Å². The van der Waals surface area contributed by atoms with Gasteiger partial charge in [0.25, 0.3) is 0 Å². The van der Waals surface area contributed by atoms with Crippen molar-refractivity contribution in [1.82, 2.24) is 0 Å². The predicted octanol–water partition coefficient (Wildman–Crippen LogP) is 3.72. The SMILES string of the molecule is O=C(O)CCCCCCC=Cc1ccco1. The van der Waals surface area contributed by atoms with Crippen LogP contribution in [0.1, 0.15) is 44.3 Å². The monoisotopic (exact) mass is 222 g/mol. The number of hydrogen-bond acceptors (Lipinski definition) is 2. The van der Waals surface area contributed by atoms with Gasteiger partial charge >= 0.3 is 5.97 Å². The van der Waals surface area contributed by atoms with Gasteiger partial charge in [0.05, 0.1) is 6.26 Å². The number of carboxylic acids is 1. The fourth-order valence-corrected chi connectivity index (χ4v) is 1.48. The standard InChI is InChI=1S/C13H18O3/c14-13(15)10-6-4-2-1-3-5-8-12-9-7-11-16-12/h5,7-9,11H,1-4,6,10H2,(H,14,15). The first-order chi connectivity index (χ1) is 7.79. The predicted molar refractivity (Wildman–Crippen MR) is 63.1 cm³/mol. The van der Waals surface area contributed by atoms with Crippen LogP contribution in [0.4, 0.5) is 0 Å². The van der Waals surface area contributed by atoms with Gasteiger partial charge in [0.2, 0.25) is 0 Å². The molecule has 0 aliphatic rings. The van der Waals surface area contributed by atoms with Crippen molar-refractivity contribution in [2.75, 3.05) is 0 Å². The minimum Gasteiger partial charge on any atom is -0.481 e. The average molecular weight is 222 g/mol. The highest BCUT2D eigenvalue weighted by Crippen LogP contribution is 2.08. The number of unbranched alkanes of at least 4 members (excludes halogenated alkanes) is 4. The molecule has 0 atom stereocenters. The van der Waals surface area contributed by atoms with Crippen molar-refractivity contribution in [2.24, 2.45) is 0 Å². The topological polar surface area (TPSA) is 50.4 Å². The van der Waals surface area contributed by atoms with E-state index in [9.17, 15) is 4.79 Å². The molecule has 0 spiro atoms. The van der Waals surface area contributed by atoms with Crippen molar-refractivity contribution in [2.45, 2.75) is 38.5 Å². The molecule has 0 saturated carbocycles. The summed E-state index contributed by atoms with van der Waals surface area (Å²) in [5.41, 5.74) is 0. The lowest BCUT2D eigenvalue weighted by molar-refractivity contribution is -0.137. The van der Waals surface area contributed by atoms with Crippen LogP contribution in [0, 0.1) is 0 Å². The van der Waals surface area contributed by atoms with Crippen LogP contribution < -0.4 is 0 Å². The van der Waals surface area contributed by atoms with Gasteiger partial charge in [-0.2, -0.15) is 0 Å². The van der Waals surface area contributed by atoms with Crippen molar-refractivity contribution < 1.29 is 14.3 Å². The number of hydrogen-bond donors (Lipinski definition) is 1. The summed E-state index contributed by atoms with van der Waals surface area (Å²) in [5, 5.41) is 8.44. The molecule has 1 aromatic heterocycles. The molecule has 88 valence electrons. The highest BCUT2D eigenvalue weighted by Gasteiger charge is 1.95. The average Bonchev–Trinajstić information content (AvgIpc) is 2.74. The Morgan fingerprint density at radius 2 is 2.12 bits per heavy atom. The molecule has 0 bridgehead atoms. The second-order valence-electron chi connectivity index (χ2n) is 3.76. The summed E-state index contributed by atoms with van der Waals surface area (Å²) in [6, 6.07) is 3.79. The van der Waals surface area contributed by atoms with E-state index in [2.05, 4.69) is 6.08 Å². The largest absolute Gasteiger partial charge is 0.481 e. The lowest BCUT2D eigenvalue weighted by Crippen LogP contribution is -1.93. The highest BCUT2D eigenvalue weighted by atomic mass is 16.4. The molecule has 0 aromatic carbocycles. The summed E-state index contributed by atoms with van der Waals surface area (Å²) < 4.78 is 5.15. The van der Waals surface area contributed by atoms with Gasteiger partial charge in [-0.15, -0.1) is 0 Å². The maximum atomic E-state index is 10.2. The zero-order valence-electron chi connectivity index (χ0n) is 9.39. The van der Waals surface area contributed by atoms with Crippen LogP contribution in [0.25, 0.3) is 6.08 Å². The fourth-order valence-electron chi connectivity index (χ4n) is 1.48. The molecule has 1 aromatic rings. The van der Waals surface area contributed by atoms with Gasteiger partial charge in [0.15, 0.2) is 0 Å². The number of allylic oxidation sites excluding steroid dienone is 1. The molecule has 0 fully saturated rings. The maximum absolute atomic E-state index is 10.2. The first kappa shape index (κ1) is 12.6. The van der Waals surface area contributed by atoms with Gasteiger partial charge in [-0.1, -0.05) is 18.9 Å². The zero-order chi connectivity index (χ0) is 11.6. The van der Waals surface area contributed by atoms with Crippen LogP contribution in [0.3, 0.4) is 0 Å². The van der Waals surface area contributed by atoms with Crippen molar-refractivity contribution >= 4 is 12.0 Å². The Balaban J connectivity index is 1.94. The van der Waals surface area contributed by atoms with Crippen LogP contribution in [0.2, 0.25) is 0 Å². The number of carboxylic acid groups (broad SMARTS) is 1. The van der Waals surface area contributed by atoms with E-state index in [-0.39, 0.29) is 0 Å². The molecule has 1 N–H and O–H groups in total. The maximum Gasteiger partial charge on any atom is 0.303 e. The molecule has 0 radical (unpaired) electrons. The number of rotatable bonds is 8. The lowest BCUT2D eigenvalue weighted by Gasteiger charge is -1.96. The first-order valence-electron chi connectivity index (χ1n) is 5.71. The Hall–Kier alpha value is -1.51. The molecule has 1 heterocycles. The van der Waals surface area contributed by atoms with Crippen LogP contribution in [-0.4, -0.2) is 11.1 Å². The number of aliphatic carboxylic acids is 1. The summed E-state index contributed by atoms with van der Waals surface area (Å²) in [7, 11) is 0. The van der Waals surface area contributed by atoms with Crippen molar-refractivity contribution in [3.63, 3.8) is 0 Å². The molecule has 3 nitrogen and oxygen atoms in total. The molecule has 0 amide bonds. The molecule has 0 aliphatic carbocycles. The van der Waals surface area contributed by atoms with Crippen LogP contribution in [0.15, 0.2) is 28.9 Å². The van der Waals surface area contributed by atoms with E-state index in [0.717, 1.165) is 37.9 Å². The summed E-state index contributed by atoms with van der Waals surface area (Å²) in [6.45, 7) is 0. The second-order valence-corrected chi connectivity index (χ2v) is 3.76. The van der Waals surface area contributed by atoms with E-state index in [1.54, 1.807) is 6.26 Å². The first-order valence-corrected chi connectivity index (χ1v) is 5.71. The van der Waals surface area contributed by atoms with E-state index in [4.69, 9.17) is 9.52 Å². The molecular formula is C13H18O3. The molecule has 0 unspecified atom stereocenters.